The van der Waals surface area contributed by atoms with Gasteiger partial charge in [0.15, 0.2) is 0 Å². The Hall–Kier alpha value is -1.77. The van der Waals surface area contributed by atoms with Gasteiger partial charge >= 0.3 is 0 Å². The molecular weight excluding hydrogens is 179 g/mol. The van der Waals surface area contributed by atoms with E-state index in [4.69, 9.17) is 5.73 Å². The van der Waals surface area contributed by atoms with E-state index in [1.807, 2.05) is 17.8 Å². The number of nitrogen functional groups attached to an aromatic ring is 1. The van der Waals surface area contributed by atoms with Crippen molar-refractivity contribution in [1.29, 1.82) is 0 Å². The second-order valence-corrected chi connectivity index (χ2v) is 3.27. The topological polar surface area (TPSA) is 30.9 Å². The van der Waals surface area contributed by atoms with Gasteiger partial charge in [0, 0.05) is 30.6 Å². The number of hydrogen-bond acceptors (Lipinski definition) is 1. The van der Waals surface area contributed by atoms with Crippen LogP contribution in [-0.2, 0) is 7.05 Å². The number of benzene rings is 1. The summed E-state index contributed by atoms with van der Waals surface area (Å²) in [7, 11) is 1.86. The molecule has 0 spiro atoms. The average molecular weight is 190 g/mol. The van der Waals surface area contributed by atoms with Crippen molar-refractivity contribution in [2.24, 2.45) is 7.05 Å². The molecule has 0 atom stereocenters. The van der Waals surface area contributed by atoms with Gasteiger partial charge < -0.3 is 10.3 Å². The van der Waals surface area contributed by atoms with Crippen LogP contribution in [0.4, 0.5) is 10.1 Å². The van der Waals surface area contributed by atoms with E-state index in [2.05, 4.69) is 0 Å². The summed E-state index contributed by atoms with van der Waals surface area (Å²) in [4.78, 5) is 0. The summed E-state index contributed by atoms with van der Waals surface area (Å²) < 4.78 is 15.2. The molecule has 2 aromatic rings. The minimum absolute atomic E-state index is 0.245. The van der Waals surface area contributed by atoms with Gasteiger partial charge in [-0.1, -0.05) is 18.2 Å². The molecule has 0 unspecified atom stereocenters. The molecule has 0 aliphatic heterocycles. The van der Waals surface area contributed by atoms with Crippen LogP contribution >= 0.6 is 0 Å². The van der Waals surface area contributed by atoms with Crippen LogP contribution in [-0.4, -0.2) is 4.57 Å². The molecule has 0 aliphatic carbocycles. The van der Waals surface area contributed by atoms with Gasteiger partial charge in [-0.3, -0.25) is 0 Å². The summed E-state index contributed by atoms with van der Waals surface area (Å²) in [6, 6.07) is 6.62. The first-order valence-electron chi connectivity index (χ1n) is 4.35. The van der Waals surface area contributed by atoms with Gasteiger partial charge in [-0.25, -0.2) is 4.39 Å². The molecule has 2 rings (SSSR count). The Kier molecular flexibility index (Phi) is 2.00. The lowest BCUT2D eigenvalue weighted by Crippen LogP contribution is -1.87. The lowest BCUT2D eigenvalue weighted by Gasteiger charge is -2.00. The maximum atomic E-state index is 13.4. The molecule has 0 saturated heterocycles. The average Bonchev–Trinajstić information content (AvgIpc) is 2.46. The molecule has 3 heteroatoms. The second-order valence-electron chi connectivity index (χ2n) is 3.27. The van der Waals surface area contributed by atoms with E-state index in [1.54, 1.807) is 24.4 Å². The number of aromatic nitrogens is 1. The highest BCUT2D eigenvalue weighted by atomic mass is 19.1. The van der Waals surface area contributed by atoms with Gasteiger partial charge in [0.05, 0.1) is 5.69 Å². The molecule has 14 heavy (non-hydrogen) atoms. The lowest BCUT2D eigenvalue weighted by molar-refractivity contribution is 0.631. The molecular formula is C11H11FN2. The van der Waals surface area contributed by atoms with E-state index in [9.17, 15) is 4.39 Å². The Morgan fingerprint density at radius 3 is 2.43 bits per heavy atom. The van der Waals surface area contributed by atoms with E-state index >= 15 is 0 Å². The molecule has 0 saturated carbocycles. The van der Waals surface area contributed by atoms with Crippen molar-refractivity contribution < 1.29 is 4.39 Å². The molecule has 0 bridgehead atoms. The highest BCUT2D eigenvalue weighted by Gasteiger charge is 2.08. The predicted octanol–water partition coefficient (Wildman–Crippen LogP) is 2.41. The fraction of sp³-hybridized carbons (Fsp3) is 0.0909. The molecule has 2 nitrogen and oxygen atoms in total. The van der Waals surface area contributed by atoms with Gasteiger partial charge in [-0.05, 0) is 6.07 Å². The maximum Gasteiger partial charge on any atom is 0.131 e. The molecule has 0 fully saturated rings. The Balaban J connectivity index is 2.60. The minimum Gasteiger partial charge on any atom is -0.397 e. The van der Waals surface area contributed by atoms with Gasteiger partial charge in [-0.15, -0.1) is 0 Å². The van der Waals surface area contributed by atoms with Crippen LogP contribution in [0.25, 0.3) is 11.1 Å². The molecule has 72 valence electrons. The van der Waals surface area contributed by atoms with E-state index in [1.165, 1.54) is 6.07 Å². The molecule has 0 aliphatic rings. The van der Waals surface area contributed by atoms with Crippen molar-refractivity contribution in [3.05, 3.63) is 42.5 Å². The van der Waals surface area contributed by atoms with Crippen LogP contribution in [0, 0.1) is 5.82 Å². The normalized spacial score (nSPS) is 10.4. The molecule has 0 amide bonds. The van der Waals surface area contributed by atoms with Crippen LogP contribution in [0.15, 0.2) is 36.7 Å². The van der Waals surface area contributed by atoms with Gasteiger partial charge in [0.1, 0.15) is 5.82 Å². The van der Waals surface area contributed by atoms with Crippen LogP contribution in [0.1, 0.15) is 0 Å². The third-order valence-electron chi connectivity index (χ3n) is 2.15. The van der Waals surface area contributed by atoms with E-state index in [0.29, 0.717) is 11.3 Å². The maximum absolute atomic E-state index is 13.4. The third-order valence-corrected chi connectivity index (χ3v) is 2.15. The smallest absolute Gasteiger partial charge is 0.131 e. The molecule has 1 heterocycles. The predicted molar refractivity (Wildman–Crippen MR) is 55.2 cm³/mol. The van der Waals surface area contributed by atoms with Crippen molar-refractivity contribution in [3.63, 3.8) is 0 Å². The summed E-state index contributed by atoms with van der Waals surface area (Å²) in [5.74, 6) is -0.245. The standard InChI is InChI=1S/C11H11FN2/c1-14-6-9(11(13)7-14)8-4-2-3-5-10(8)12/h2-7H,13H2,1H3. The first-order valence-corrected chi connectivity index (χ1v) is 4.35. The summed E-state index contributed by atoms with van der Waals surface area (Å²) in [6.07, 6.45) is 3.58. The number of halogens is 1. The van der Waals surface area contributed by atoms with Gasteiger partial charge in [-0.2, -0.15) is 0 Å². The van der Waals surface area contributed by atoms with Crippen molar-refractivity contribution in [2.75, 3.05) is 5.73 Å². The van der Waals surface area contributed by atoms with Crippen LogP contribution in [0.2, 0.25) is 0 Å². The highest BCUT2D eigenvalue weighted by molar-refractivity contribution is 5.76. The molecule has 2 N–H and O–H groups in total. The molecule has 1 aromatic heterocycles. The fourth-order valence-corrected chi connectivity index (χ4v) is 1.51. The number of rotatable bonds is 1. The van der Waals surface area contributed by atoms with Gasteiger partial charge in [0.2, 0.25) is 0 Å². The van der Waals surface area contributed by atoms with E-state index < -0.39 is 0 Å². The minimum atomic E-state index is -0.245. The monoisotopic (exact) mass is 190 g/mol. The number of nitrogens with zero attached hydrogens (tertiary/aromatic N) is 1. The second kappa shape index (κ2) is 3.18. The van der Waals surface area contributed by atoms with Crippen molar-refractivity contribution >= 4 is 5.69 Å². The molecule has 1 aromatic carbocycles. The summed E-state index contributed by atoms with van der Waals surface area (Å²) in [6.45, 7) is 0. The van der Waals surface area contributed by atoms with E-state index in [0.717, 1.165) is 5.56 Å². The SMILES string of the molecule is Cn1cc(N)c(-c2ccccc2F)c1. The quantitative estimate of drug-likeness (QED) is 0.735. The first kappa shape index (κ1) is 8.81. The van der Waals surface area contributed by atoms with Crippen molar-refractivity contribution in [3.8, 4) is 11.1 Å². The fourth-order valence-electron chi connectivity index (χ4n) is 1.51. The number of hydrogen-bond donors (Lipinski definition) is 1. The largest absolute Gasteiger partial charge is 0.397 e. The van der Waals surface area contributed by atoms with Crippen molar-refractivity contribution in [2.45, 2.75) is 0 Å². The van der Waals surface area contributed by atoms with Crippen LogP contribution in [0.3, 0.4) is 0 Å². The third kappa shape index (κ3) is 1.37. The summed E-state index contributed by atoms with van der Waals surface area (Å²) in [5, 5.41) is 0. The Labute approximate surface area is 81.8 Å². The Bertz CT molecular complexity index is 460. The zero-order valence-electron chi connectivity index (χ0n) is 7.87. The zero-order chi connectivity index (χ0) is 10.1. The van der Waals surface area contributed by atoms with Gasteiger partial charge in [0.25, 0.3) is 0 Å². The number of nitrogens with two attached hydrogens (primary N) is 1. The summed E-state index contributed by atoms with van der Waals surface area (Å²) in [5.41, 5.74) is 7.64. The highest BCUT2D eigenvalue weighted by Crippen LogP contribution is 2.28. The first-order chi connectivity index (χ1) is 6.68. The lowest BCUT2D eigenvalue weighted by atomic mass is 10.1. The number of anilines is 1. The Morgan fingerprint density at radius 1 is 1.14 bits per heavy atom. The van der Waals surface area contributed by atoms with Crippen molar-refractivity contribution in [1.82, 2.24) is 4.57 Å². The number of aryl methyl sites for hydroxylation is 1. The van der Waals surface area contributed by atoms with E-state index in [-0.39, 0.29) is 5.82 Å². The van der Waals surface area contributed by atoms with Crippen LogP contribution in [0.5, 0.6) is 0 Å². The Morgan fingerprint density at radius 2 is 1.86 bits per heavy atom. The summed E-state index contributed by atoms with van der Waals surface area (Å²) >= 11 is 0. The molecule has 0 radical (unpaired) electrons. The van der Waals surface area contributed by atoms with Crippen LogP contribution < -0.4 is 5.73 Å². The zero-order valence-corrected chi connectivity index (χ0v) is 7.87.